The van der Waals surface area contributed by atoms with Crippen LogP contribution in [0.2, 0.25) is 0 Å². The van der Waals surface area contributed by atoms with Crippen molar-refractivity contribution >= 4 is 11.9 Å². The second kappa shape index (κ2) is 7.94. The Labute approximate surface area is 166 Å². The van der Waals surface area contributed by atoms with Crippen LogP contribution in [0.15, 0.2) is 0 Å². The van der Waals surface area contributed by atoms with Crippen molar-refractivity contribution in [3.05, 3.63) is 0 Å². The van der Waals surface area contributed by atoms with Crippen molar-refractivity contribution in [3.8, 4) is 0 Å². The first-order valence-corrected chi connectivity index (χ1v) is 11.3. The summed E-state index contributed by atoms with van der Waals surface area (Å²) in [7, 11) is 0. The van der Waals surface area contributed by atoms with Gasteiger partial charge in [-0.2, -0.15) is 0 Å². The summed E-state index contributed by atoms with van der Waals surface area (Å²) < 4.78 is 22.3. The highest BCUT2D eigenvalue weighted by atomic mass is 16.6. The zero-order valence-corrected chi connectivity index (χ0v) is 16.6. The normalized spacial score (nSPS) is 44.0. The highest BCUT2D eigenvalue weighted by Gasteiger charge is 2.45. The molecule has 0 N–H and O–H groups in total. The quantitative estimate of drug-likeness (QED) is 0.511. The van der Waals surface area contributed by atoms with Crippen LogP contribution in [-0.4, -0.2) is 49.6 Å². The number of rotatable bonds is 6. The fourth-order valence-electron chi connectivity index (χ4n) is 5.53. The highest BCUT2D eigenvalue weighted by Crippen LogP contribution is 2.41. The van der Waals surface area contributed by atoms with Gasteiger partial charge in [-0.1, -0.05) is 6.42 Å². The maximum atomic E-state index is 12.5. The second-order valence-corrected chi connectivity index (χ2v) is 9.60. The van der Waals surface area contributed by atoms with Crippen LogP contribution in [0.4, 0.5) is 0 Å². The van der Waals surface area contributed by atoms with Crippen molar-refractivity contribution in [2.45, 2.75) is 88.6 Å². The van der Waals surface area contributed by atoms with Gasteiger partial charge in [-0.3, -0.25) is 9.59 Å². The predicted molar refractivity (Wildman–Crippen MR) is 99.4 cm³/mol. The smallest absolute Gasteiger partial charge is 0.308 e. The maximum Gasteiger partial charge on any atom is 0.308 e. The lowest BCUT2D eigenvalue weighted by molar-refractivity contribution is -0.156. The zero-order chi connectivity index (χ0) is 19.1. The molecule has 28 heavy (non-hydrogen) atoms. The standard InChI is InChI=1S/C22H32O6/c23-21(25-11-13-4-6-17-19(8-13)27-17)15-2-1-3-16(10-15)22(24)26-12-14-5-7-18-20(9-14)28-18/h13-20H,1-12H2. The Morgan fingerprint density at radius 2 is 1.14 bits per heavy atom. The minimum atomic E-state index is -0.157. The second-order valence-electron chi connectivity index (χ2n) is 9.60. The average Bonchev–Trinajstić information content (AvgIpc) is 3.64. The van der Waals surface area contributed by atoms with E-state index in [1.807, 2.05) is 0 Å². The largest absolute Gasteiger partial charge is 0.465 e. The van der Waals surface area contributed by atoms with Crippen molar-refractivity contribution in [1.29, 1.82) is 0 Å². The molecule has 2 aliphatic heterocycles. The molecule has 0 spiro atoms. The van der Waals surface area contributed by atoms with E-state index in [9.17, 15) is 9.59 Å². The third-order valence-corrected chi connectivity index (χ3v) is 7.49. The molecule has 156 valence electrons. The van der Waals surface area contributed by atoms with Crippen molar-refractivity contribution in [3.63, 3.8) is 0 Å². The number of esters is 2. The fraction of sp³-hybridized carbons (Fsp3) is 0.909. The first-order valence-electron chi connectivity index (χ1n) is 11.3. The van der Waals surface area contributed by atoms with Crippen LogP contribution < -0.4 is 0 Å². The summed E-state index contributed by atoms with van der Waals surface area (Å²) in [4.78, 5) is 25.1. The number of ether oxygens (including phenoxy) is 4. The first-order chi connectivity index (χ1) is 13.7. The minimum absolute atomic E-state index is 0.124. The molecule has 0 aromatic carbocycles. The van der Waals surface area contributed by atoms with E-state index in [2.05, 4.69) is 0 Å². The predicted octanol–water partition coefficient (Wildman–Crippen LogP) is 3.01. The van der Waals surface area contributed by atoms with Gasteiger partial charge in [-0.15, -0.1) is 0 Å². The van der Waals surface area contributed by atoms with Crippen LogP contribution in [0, 0.1) is 23.7 Å². The lowest BCUT2D eigenvalue weighted by Gasteiger charge is -2.28. The summed E-state index contributed by atoms with van der Waals surface area (Å²) in [6, 6.07) is 0. The van der Waals surface area contributed by atoms with E-state index < -0.39 is 0 Å². The van der Waals surface area contributed by atoms with Crippen molar-refractivity contribution < 1.29 is 28.5 Å². The molecule has 3 saturated carbocycles. The molecule has 8 unspecified atom stereocenters. The van der Waals surface area contributed by atoms with Crippen molar-refractivity contribution in [2.24, 2.45) is 23.7 Å². The van der Waals surface area contributed by atoms with E-state index in [4.69, 9.17) is 18.9 Å². The third kappa shape index (κ3) is 4.38. The minimum Gasteiger partial charge on any atom is -0.465 e. The molecule has 8 atom stereocenters. The van der Waals surface area contributed by atoms with Crippen LogP contribution in [0.5, 0.6) is 0 Å². The Hall–Kier alpha value is -1.14. The van der Waals surface area contributed by atoms with Gasteiger partial charge < -0.3 is 18.9 Å². The van der Waals surface area contributed by atoms with E-state index >= 15 is 0 Å². The molecule has 0 aromatic heterocycles. The van der Waals surface area contributed by atoms with Crippen LogP contribution in [-0.2, 0) is 28.5 Å². The van der Waals surface area contributed by atoms with Gasteiger partial charge in [0, 0.05) is 0 Å². The van der Waals surface area contributed by atoms with E-state index in [1.165, 1.54) is 0 Å². The number of hydrogen-bond donors (Lipinski definition) is 0. The number of fused-ring (bicyclic) bond motifs is 2. The summed E-state index contributed by atoms with van der Waals surface area (Å²) in [5.74, 6) is 0.302. The number of hydrogen-bond acceptors (Lipinski definition) is 6. The number of carbonyl (C=O) groups is 2. The molecule has 0 aromatic rings. The molecular weight excluding hydrogens is 360 g/mol. The van der Waals surface area contributed by atoms with Crippen molar-refractivity contribution in [1.82, 2.24) is 0 Å². The van der Waals surface area contributed by atoms with Gasteiger partial charge in [0.1, 0.15) is 0 Å². The summed E-state index contributed by atoms with van der Waals surface area (Å²) in [6.45, 7) is 1.01. The lowest BCUT2D eigenvalue weighted by atomic mass is 9.81. The molecular formula is C22H32O6. The number of epoxide rings is 2. The Morgan fingerprint density at radius 3 is 1.61 bits per heavy atom. The monoisotopic (exact) mass is 392 g/mol. The van der Waals surface area contributed by atoms with Gasteiger partial charge in [-0.25, -0.2) is 0 Å². The van der Waals surface area contributed by atoms with Crippen LogP contribution in [0.1, 0.15) is 64.2 Å². The van der Waals surface area contributed by atoms with E-state index in [0.29, 0.717) is 55.9 Å². The summed E-state index contributed by atoms with van der Waals surface area (Å²) in [5.41, 5.74) is 0. The van der Waals surface area contributed by atoms with Gasteiger partial charge in [0.15, 0.2) is 0 Å². The highest BCUT2D eigenvalue weighted by molar-refractivity contribution is 5.76. The van der Waals surface area contributed by atoms with Gasteiger partial charge in [-0.05, 0) is 69.6 Å². The molecule has 5 rings (SSSR count). The molecule has 6 heteroatoms. The van der Waals surface area contributed by atoms with Crippen LogP contribution in [0.3, 0.4) is 0 Å². The molecule has 0 amide bonds. The Morgan fingerprint density at radius 1 is 0.643 bits per heavy atom. The van der Waals surface area contributed by atoms with Crippen LogP contribution >= 0.6 is 0 Å². The molecule has 0 bridgehead atoms. The Balaban J connectivity index is 1.03. The van der Waals surface area contributed by atoms with E-state index in [0.717, 1.165) is 57.8 Å². The topological polar surface area (TPSA) is 77.7 Å². The van der Waals surface area contributed by atoms with Gasteiger partial charge >= 0.3 is 11.9 Å². The molecule has 2 heterocycles. The molecule has 0 radical (unpaired) electrons. The van der Waals surface area contributed by atoms with Gasteiger partial charge in [0.2, 0.25) is 0 Å². The third-order valence-electron chi connectivity index (χ3n) is 7.49. The fourth-order valence-corrected chi connectivity index (χ4v) is 5.53. The molecule has 5 fully saturated rings. The zero-order valence-electron chi connectivity index (χ0n) is 16.6. The van der Waals surface area contributed by atoms with Gasteiger partial charge in [0.05, 0.1) is 49.5 Å². The lowest BCUT2D eigenvalue weighted by Crippen LogP contribution is -2.32. The number of carbonyl (C=O) groups excluding carboxylic acids is 2. The average molecular weight is 392 g/mol. The SMILES string of the molecule is O=C(OCC1CCC2OC2C1)C1CCCC(C(=O)OCC2CCC3OC3C2)C1. The Bertz CT molecular complexity index is 556. The summed E-state index contributed by atoms with van der Waals surface area (Å²) >= 11 is 0. The van der Waals surface area contributed by atoms with E-state index in [1.54, 1.807) is 0 Å². The maximum absolute atomic E-state index is 12.5. The van der Waals surface area contributed by atoms with Crippen LogP contribution in [0.25, 0.3) is 0 Å². The molecule has 6 nitrogen and oxygen atoms in total. The van der Waals surface area contributed by atoms with E-state index in [-0.39, 0.29) is 23.8 Å². The summed E-state index contributed by atoms with van der Waals surface area (Å²) in [5, 5.41) is 0. The first kappa shape index (κ1) is 18.9. The van der Waals surface area contributed by atoms with Crippen molar-refractivity contribution in [2.75, 3.05) is 13.2 Å². The molecule has 2 saturated heterocycles. The van der Waals surface area contributed by atoms with Gasteiger partial charge in [0.25, 0.3) is 0 Å². The Kier molecular flexibility index (Phi) is 5.35. The molecule has 3 aliphatic carbocycles. The summed E-state index contributed by atoms with van der Waals surface area (Å²) in [6.07, 6.45) is 11.3. The molecule has 5 aliphatic rings.